The first-order chi connectivity index (χ1) is 9.69. The van der Waals surface area contributed by atoms with Crippen molar-refractivity contribution in [2.45, 2.75) is 18.9 Å². The number of carbonyl (C=O) groups is 2. The quantitative estimate of drug-likeness (QED) is 0.802. The molecule has 2 rings (SSSR count). The molecule has 7 heteroatoms. The number of halogens is 1. The normalized spacial score (nSPS) is 16.7. The lowest BCUT2D eigenvalue weighted by atomic mass is 10.2. The highest BCUT2D eigenvalue weighted by molar-refractivity contribution is 5.95. The van der Waals surface area contributed by atoms with E-state index < -0.39 is 5.97 Å². The van der Waals surface area contributed by atoms with E-state index in [1.54, 1.807) is 24.3 Å². The summed E-state index contributed by atoms with van der Waals surface area (Å²) in [5.74, 6) is 0.0906. The first kappa shape index (κ1) is 17.3. The molecule has 1 atom stereocenters. The van der Waals surface area contributed by atoms with Gasteiger partial charge < -0.3 is 20.1 Å². The van der Waals surface area contributed by atoms with Crippen LogP contribution in [-0.4, -0.2) is 38.2 Å². The average molecular weight is 315 g/mol. The molecule has 0 spiro atoms. The SMILES string of the molecule is COC(=O)COc1ccc(NC(=O)C2CCCN2)cc1.Cl. The molecular weight excluding hydrogens is 296 g/mol. The number of benzene rings is 1. The highest BCUT2D eigenvalue weighted by Crippen LogP contribution is 2.16. The van der Waals surface area contributed by atoms with Crippen molar-refractivity contribution in [1.29, 1.82) is 0 Å². The van der Waals surface area contributed by atoms with Crippen molar-refractivity contribution in [1.82, 2.24) is 5.32 Å². The van der Waals surface area contributed by atoms with E-state index in [0.717, 1.165) is 19.4 Å². The Hall–Kier alpha value is -1.79. The molecule has 1 unspecified atom stereocenters. The van der Waals surface area contributed by atoms with E-state index in [4.69, 9.17) is 4.74 Å². The van der Waals surface area contributed by atoms with Gasteiger partial charge in [0.05, 0.1) is 13.2 Å². The van der Waals surface area contributed by atoms with Crippen LogP contribution in [0.4, 0.5) is 5.69 Å². The van der Waals surface area contributed by atoms with E-state index >= 15 is 0 Å². The molecule has 1 saturated heterocycles. The number of hydrogen-bond acceptors (Lipinski definition) is 5. The van der Waals surface area contributed by atoms with Crippen molar-refractivity contribution in [2.24, 2.45) is 0 Å². The number of nitrogens with one attached hydrogen (secondary N) is 2. The van der Waals surface area contributed by atoms with Crippen LogP contribution in [0, 0.1) is 0 Å². The maximum atomic E-state index is 11.9. The second-order valence-corrected chi connectivity index (χ2v) is 4.53. The predicted octanol–water partition coefficient (Wildman–Crippen LogP) is 1.35. The Morgan fingerprint density at radius 2 is 2.05 bits per heavy atom. The van der Waals surface area contributed by atoms with Gasteiger partial charge in [-0.05, 0) is 43.7 Å². The molecular formula is C14H19ClN2O4. The summed E-state index contributed by atoms with van der Waals surface area (Å²) < 4.78 is 9.70. The Morgan fingerprint density at radius 3 is 2.62 bits per heavy atom. The molecule has 6 nitrogen and oxygen atoms in total. The largest absolute Gasteiger partial charge is 0.482 e. The van der Waals surface area contributed by atoms with Crippen LogP contribution in [-0.2, 0) is 14.3 Å². The molecule has 0 saturated carbocycles. The molecule has 1 fully saturated rings. The van der Waals surface area contributed by atoms with Gasteiger partial charge in [0, 0.05) is 5.69 Å². The van der Waals surface area contributed by atoms with Crippen LogP contribution in [0.25, 0.3) is 0 Å². The zero-order valence-electron chi connectivity index (χ0n) is 11.8. The molecule has 116 valence electrons. The van der Waals surface area contributed by atoms with Crippen molar-refractivity contribution in [2.75, 3.05) is 25.6 Å². The van der Waals surface area contributed by atoms with E-state index in [1.807, 2.05) is 0 Å². The van der Waals surface area contributed by atoms with Gasteiger partial charge in [-0.25, -0.2) is 4.79 Å². The summed E-state index contributed by atoms with van der Waals surface area (Å²) in [5.41, 5.74) is 0.703. The Morgan fingerprint density at radius 1 is 1.33 bits per heavy atom. The number of rotatable bonds is 5. The van der Waals surface area contributed by atoms with Gasteiger partial charge in [0.1, 0.15) is 5.75 Å². The third kappa shape index (κ3) is 5.24. The summed E-state index contributed by atoms with van der Waals surface area (Å²) in [6, 6.07) is 6.76. The van der Waals surface area contributed by atoms with Crippen LogP contribution in [0.15, 0.2) is 24.3 Å². The molecule has 1 aromatic carbocycles. The summed E-state index contributed by atoms with van der Waals surface area (Å²) in [6.45, 7) is 0.757. The van der Waals surface area contributed by atoms with E-state index in [9.17, 15) is 9.59 Å². The lowest BCUT2D eigenvalue weighted by Crippen LogP contribution is -2.35. The fraction of sp³-hybridized carbons (Fsp3) is 0.429. The monoisotopic (exact) mass is 314 g/mol. The minimum atomic E-state index is -0.435. The van der Waals surface area contributed by atoms with E-state index in [0.29, 0.717) is 11.4 Å². The van der Waals surface area contributed by atoms with Crippen LogP contribution in [0.2, 0.25) is 0 Å². The van der Waals surface area contributed by atoms with Gasteiger partial charge >= 0.3 is 5.97 Å². The van der Waals surface area contributed by atoms with Crippen LogP contribution >= 0.6 is 12.4 Å². The average Bonchev–Trinajstić information content (AvgIpc) is 3.00. The number of anilines is 1. The summed E-state index contributed by atoms with van der Waals surface area (Å²) in [6.07, 6.45) is 1.89. The van der Waals surface area contributed by atoms with Crippen LogP contribution < -0.4 is 15.4 Å². The van der Waals surface area contributed by atoms with Gasteiger partial charge in [-0.1, -0.05) is 0 Å². The molecule has 0 radical (unpaired) electrons. The van der Waals surface area contributed by atoms with E-state index in [1.165, 1.54) is 7.11 Å². The van der Waals surface area contributed by atoms with E-state index in [2.05, 4.69) is 15.4 Å². The van der Waals surface area contributed by atoms with Crippen LogP contribution in [0.1, 0.15) is 12.8 Å². The molecule has 0 aliphatic carbocycles. The van der Waals surface area contributed by atoms with Crippen molar-refractivity contribution in [3.8, 4) is 5.75 Å². The molecule has 21 heavy (non-hydrogen) atoms. The molecule has 0 aromatic heterocycles. The van der Waals surface area contributed by atoms with Gasteiger partial charge in [0.2, 0.25) is 5.91 Å². The number of ether oxygens (including phenoxy) is 2. The zero-order valence-corrected chi connectivity index (χ0v) is 12.6. The van der Waals surface area contributed by atoms with Gasteiger partial charge in [-0.2, -0.15) is 0 Å². The first-order valence-corrected chi connectivity index (χ1v) is 6.53. The Balaban J connectivity index is 0.00000220. The zero-order chi connectivity index (χ0) is 14.4. The van der Waals surface area contributed by atoms with Crippen LogP contribution in [0.3, 0.4) is 0 Å². The second kappa shape index (κ2) is 8.49. The summed E-state index contributed by atoms with van der Waals surface area (Å²) in [7, 11) is 1.31. The van der Waals surface area contributed by atoms with Gasteiger partial charge in [0.25, 0.3) is 0 Å². The van der Waals surface area contributed by atoms with Crippen molar-refractivity contribution < 1.29 is 19.1 Å². The standard InChI is InChI=1S/C14H18N2O4.ClH/c1-19-13(17)9-20-11-6-4-10(5-7-11)16-14(18)12-3-2-8-15-12;/h4-7,12,15H,2-3,8-9H2,1H3,(H,16,18);1H. The first-order valence-electron chi connectivity index (χ1n) is 6.53. The smallest absolute Gasteiger partial charge is 0.343 e. The van der Waals surface area contributed by atoms with Gasteiger partial charge in [-0.3, -0.25) is 4.79 Å². The predicted molar refractivity (Wildman–Crippen MR) is 80.9 cm³/mol. The maximum Gasteiger partial charge on any atom is 0.343 e. The van der Waals surface area contributed by atoms with Gasteiger partial charge in [0.15, 0.2) is 6.61 Å². The number of hydrogen-bond donors (Lipinski definition) is 2. The lowest BCUT2D eigenvalue weighted by Gasteiger charge is -2.11. The fourth-order valence-corrected chi connectivity index (χ4v) is 1.97. The fourth-order valence-electron chi connectivity index (χ4n) is 1.97. The number of methoxy groups -OCH3 is 1. The Kier molecular flexibility index (Phi) is 6.98. The van der Waals surface area contributed by atoms with Crippen LogP contribution in [0.5, 0.6) is 5.75 Å². The topological polar surface area (TPSA) is 76.7 Å². The Labute approximate surface area is 129 Å². The summed E-state index contributed by atoms with van der Waals surface area (Å²) in [4.78, 5) is 22.8. The molecule has 1 amide bonds. The lowest BCUT2D eigenvalue weighted by molar-refractivity contribution is -0.142. The maximum absolute atomic E-state index is 11.9. The minimum Gasteiger partial charge on any atom is -0.482 e. The Bertz CT molecular complexity index is 472. The molecule has 1 aromatic rings. The van der Waals surface area contributed by atoms with Crippen molar-refractivity contribution in [3.05, 3.63) is 24.3 Å². The third-order valence-electron chi connectivity index (χ3n) is 3.08. The number of amides is 1. The molecule has 1 aliphatic heterocycles. The highest BCUT2D eigenvalue weighted by atomic mass is 35.5. The minimum absolute atomic E-state index is 0. The second-order valence-electron chi connectivity index (χ2n) is 4.53. The highest BCUT2D eigenvalue weighted by Gasteiger charge is 2.21. The molecule has 2 N–H and O–H groups in total. The van der Waals surface area contributed by atoms with Crippen molar-refractivity contribution >= 4 is 30.0 Å². The van der Waals surface area contributed by atoms with Crippen molar-refractivity contribution in [3.63, 3.8) is 0 Å². The summed E-state index contributed by atoms with van der Waals surface area (Å²) >= 11 is 0. The molecule has 1 heterocycles. The number of esters is 1. The van der Waals surface area contributed by atoms with E-state index in [-0.39, 0.29) is 31.0 Å². The third-order valence-corrected chi connectivity index (χ3v) is 3.08. The van der Waals surface area contributed by atoms with Gasteiger partial charge in [-0.15, -0.1) is 12.4 Å². The molecule has 0 bridgehead atoms. The summed E-state index contributed by atoms with van der Waals surface area (Å²) in [5, 5.41) is 5.98. The number of carbonyl (C=O) groups excluding carboxylic acids is 2. The molecule has 1 aliphatic rings.